The average molecular weight is 250 g/mol. The first-order valence-corrected chi connectivity index (χ1v) is 6.24. The Bertz CT molecular complexity index is 437. The van der Waals surface area contributed by atoms with E-state index in [9.17, 15) is 9.59 Å². The molecular weight excluding hydrogens is 232 g/mol. The van der Waals surface area contributed by atoms with Crippen molar-refractivity contribution in [2.45, 2.75) is 38.6 Å². The van der Waals surface area contributed by atoms with E-state index >= 15 is 0 Å². The van der Waals surface area contributed by atoms with Crippen molar-refractivity contribution in [1.82, 2.24) is 20.8 Å². The lowest BCUT2D eigenvalue weighted by molar-refractivity contribution is -0.121. The summed E-state index contributed by atoms with van der Waals surface area (Å²) in [6.07, 6.45) is 4.82. The SMILES string of the molecule is Cc1[nH]ncc1C(=O)NCCCC(=O)NC1CC1. The quantitative estimate of drug-likeness (QED) is 0.643. The van der Waals surface area contributed by atoms with Gasteiger partial charge in [0, 0.05) is 24.7 Å². The second-order valence-corrected chi connectivity index (χ2v) is 4.61. The molecule has 98 valence electrons. The van der Waals surface area contributed by atoms with Crippen molar-refractivity contribution in [2.24, 2.45) is 0 Å². The van der Waals surface area contributed by atoms with Crippen molar-refractivity contribution in [3.05, 3.63) is 17.5 Å². The van der Waals surface area contributed by atoms with Crippen LogP contribution in [0.15, 0.2) is 6.20 Å². The van der Waals surface area contributed by atoms with Gasteiger partial charge < -0.3 is 10.6 Å². The Labute approximate surface area is 106 Å². The lowest BCUT2D eigenvalue weighted by atomic mass is 10.2. The second kappa shape index (κ2) is 5.66. The highest BCUT2D eigenvalue weighted by Gasteiger charge is 2.22. The molecule has 1 aromatic rings. The van der Waals surface area contributed by atoms with E-state index in [2.05, 4.69) is 20.8 Å². The number of nitrogens with zero attached hydrogens (tertiary/aromatic N) is 1. The maximum atomic E-state index is 11.7. The van der Waals surface area contributed by atoms with E-state index in [1.54, 1.807) is 6.92 Å². The highest BCUT2D eigenvalue weighted by atomic mass is 16.2. The van der Waals surface area contributed by atoms with E-state index in [1.165, 1.54) is 6.20 Å². The molecule has 1 saturated carbocycles. The van der Waals surface area contributed by atoms with Gasteiger partial charge in [-0.1, -0.05) is 0 Å². The summed E-state index contributed by atoms with van der Waals surface area (Å²) in [7, 11) is 0. The second-order valence-electron chi connectivity index (χ2n) is 4.61. The molecule has 0 saturated heterocycles. The van der Waals surface area contributed by atoms with Crippen LogP contribution < -0.4 is 10.6 Å². The number of rotatable bonds is 6. The van der Waals surface area contributed by atoms with Gasteiger partial charge in [-0.25, -0.2) is 0 Å². The van der Waals surface area contributed by atoms with Gasteiger partial charge in [-0.3, -0.25) is 14.7 Å². The van der Waals surface area contributed by atoms with Crippen molar-refractivity contribution >= 4 is 11.8 Å². The molecule has 2 rings (SSSR count). The van der Waals surface area contributed by atoms with E-state index in [0.717, 1.165) is 18.5 Å². The van der Waals surface area contributed by atoms with Crippen LogP contribution in [0.3, 0.4) is 0 Å². The third-order valence-corrected chi connectivity index (χ3v) is 2.88. The first-order valence-electron chi connectivity index (χ1n) is 6.24. The van der Waals surface area contributed by atoms with E-state index < -0.39 is 0 Å². The molecule has 2 amide bonds. The van der Waals surface area contributed by atoms with Gasteiger partial charge in [0.1, 0.15) is 0 Å². The van der Waals surface area contributed by atoms with Crippen molar-refractivity contribution in [2.75, 3.05) is 6.54 Å². The maximum Gasteiger partial charge on any atom is 0.254 e. The fraction of sp³-hybridized carbons (Fsp3) is 0.583. The van der Waals surface area contributed by atoms with Gasteiger partial charge in [-0.2, -0.15) is 5.10 Å². The zero-order valence-electron chi connectivity index (χ0n) is 10.5. The summed E-state index contributed by atoms with van der Waals surface area (Å²) < 4.78 is 0. The molecular formula is C12H18N4O2. The van der Waals surface area contributed by atoms with E-state index in [-0.39, 0.29) is 11.8 Å². The van der Waals surface area contributed by atoms with Crippen molar-refractivity contribution in [1.29, 1.82) is 0 Å². The summed E-state index contributed by atoms with van der Waals surface area (Å²) >= 11 is 0. The van der Waals surface area contributed by atoms with Crippen LogP contribution in [-0.4, -0.2) is 34.6 Å². The smallest absolute Gasteiger partial charge is 0.254 e. The molecule has 0 atom stereocenters. The lowest BCUT2D eigenvalue weighted by Gasteiger charge is -2.05. The predicted octanol–water partition coefficient (Wildman–Crippen LogP) is 0.507. The third-order valence-electron chi connectivity index (χ3n) is 2.88. The van der Waals surface area contributed by atoms with Crippen LogP contribution in [0.4, 0.5) is 0 Å². The van der Waals surface area contributed by atoms with Gasteiger partial charge in [-0.05, 0) is 26.2 Å². The number of aromatic nitrogens is 2. The van der Waals surface area contributed by atoms with Crippen LogP contribution in [-0.2, 0) is 4.79 Å². The van der Waals surface area contributed by atoms with Crippen LogP contribution in [0, 0.1) is 6.92 Å². The topological polar surface area (TPSA) is 86.9 Å². The number of carbonyl (C=O) groups is 2. The Balaban J connectivity index is 1.61. The molecule has 0 spiro atoms. The van der Waals surface area contributed by atoms with Crippen molar-refractivity contribution in [3.8, 4) is 0 Å². The highest BCUT2D eigenvalue weighted by Crippen LogP contribution is 2.18. The van der Waals surface area contributed by atoms with E-state index in [0.29, 0.717) is 31.0 Å². The summed E-state index contributed by atoms with van der Waals surface area (Å²) in [4.78, 5) is 23.1. The minimum absolute atomic E-state index is 0.0752. The minimum atomic E-state index is -0.149. The summed E-state index contributed by atoms with van der Waals surface area (Å²) in [6, 6.07) is 0.403. The monoisotopic (exact) mass is 250 g/mol. The predicted molar refractivity (Wildman–Crippen MR) is 66.1 cm³/mol. The van der Waals surface area contributed by atoms with Gasteiger partial charge in [0.25, 0.3) is 5.91 Å². The zero-order valence-corrected chi connectivity index (χ0v) is 10.5. The molecule has 1 aromatic heterocycles. The third kappa shape index (κ3) is 3.58. The number of amides is 2. The van der Waals surface area contributed by atoms with E-state index in [4.69, 9.17) is 0 Å². The Morgan fingerprint density at radius 1 is 1.50 bits per heavy atom. The number of hydrogen-bond donors (Lipinski definition) is 3. The molecule has 3 N–H and O–H groups in total. The Morgan fingerprint density at radius 3 is 2.89 bits per heavy atom. The van der Waals surface area contributed by atoms with Gasteiger partial charge in [-0.15, -0.1) is 0 Å². The standard InChI is InChI=1S/C12H18N4O2/c1-8-10(7-14-16-8)12(18)13-6-2-3-11(17)15-9-4-5-9/h7,9H,2-6H2,1H3,(H,13,18)(H,14,16)(H,15,17). The van der Waals surface area contributed by atoms with E-state index in [1.807, 2.05) is 0 Å². The van der Waals surface area contributed by atoms with Gasteiger partial charge >= 0.3 is 0 Å². The molecule has 0 bridgehead atoms. The first-order chi connectivity index (χ1) is 8.66. The van der Waals surface area contributed by atoms with Crippen LogP contribution in [0.2, 0.25) is 0 Å². The molecule has 1 heterocycles. The number of nitrogens with one attached hydrogen (secondary N) is 3. The van der Waals surface area contributed by atoms with Crippen LogP contribution >= 0.6 is 0 Å². The fourth-order valence-corrected chi connectivity index (χ4v) is 1.65. The number of hydrogen-bond acceptors (Lipinski definition) is 3. The molecule has 1 aliphatic carbocycles. The number of aromatic amines is 1. The normalized spacial score (nSPS) is 14.3. The van der Waals surface area contributed by atoms with Crippen LogP contribution in [0.25, 0.3) is 0 Å². The molecule has 6 nitrogen and oxygen atoms in total. The Hall–Kier alpha value is -1.85. The number of H-pyrrole nitrogens is 1. The molecule has 6 heteroatoms. The van der Waals surface area contributed by atoms with Gasteiger partial charge in [0.05, 0.1) is 11.8 Å². The molecule has 18 heavy (non-hydrogen) atoms. The number of aryl methyl sites for hydroxylation is 1. The molecule has 0 aliphatic heterocycles. The average Bonchev–Trinajstić information content (AvgIpc) is 3.04. The molecule has 0 aromatic carbocycles. The minimum Gasteiger partial charge on any atom is -0.353 e. The Morgan fingerprint density at radius 2 is 2.28 bits per heavy atom. The van der Waals surface area contributed by atoms with Crippen LogP contribution in [0.1, 0.15) is 41.7 Å². The summed E-state index contributed by atoms with van der Waals surface area (Å²) in [5, 5.41) is 12.2. The summed E-state index contributed by atoms with van der Waals surface area (Å²) in [6.45, 7) is 2.30. The molecule has 1 aliphatic rings. The summed E-state index contributed by atoms with van der Waals surface area (Å²) in [5.74, 6) is -0.0740. The lowest BCUT2D eigenvalue weighted by Crippen LogP contribution is -2.28. The maximum absolute atomic E-state index is 11.7. The molecule has 1 fully saturated rings. The van der Waals surface area contributed by atoms with Gasteiger partial charge in [0.15, 0.2) is 0 Å². The van der Waals surface area contributed by atoms with Crippen molar-refractivity contribution in [3.63, 3.8) is 0 Å². The molecule has 0 unspecified atom stereocenters. The largest absolute Gasteiger partial charge is 0.353 e. The van der Waals surface area contributed by atoms with Gasteiger partial charge in [0.2, 0.25) is 5.91 Å². The fourth-order valence-electron chi connectivity index (χ4n) is 1.65. The molecule has 0 radical (unpaired) electrons. The zero-order chi connectivity index (χ0) is 13.0. The number of carbonyl (C=O) groups excluding carboxylic acids is 2. The Kier molecular flexibility index (Phi) is 3.96. The first kappa shape index (κ1) is 12.6. The highest BCUT2D eigenvalue weighted by molar-refractivity contribution is 5.94. The summed E-state index contributed by atoms with van der Waals surface area (Å²) in [5.41, 5.74) is 1.30. The van der Waals surface area contributed by atoms with Crippen molar-refractivity contribution < 1.29 is 9.59 Å². The van der Waals surface area contributed by atoms with Crippen LogP contribution in [0.5, 0.6) is 0 Å².